The normalized spacial score (nSPS) is 21.5. The summed E-state index contributed by atoms with van der Waals surface area (Å²) in [5.41, 5.74) is 0.725. The van der Waals surface area contributed by atoms with Gasteiger partial charge >= 0.3 is 63.3 Å². The zero-order valence-corrected chi connectivity index (χ0v) is 39.6. The summed E-state index contributed by atoms with van der Waals surface area (Å²) in [6.45, 7) is 20.1. The Morgan fingerprint density at radius 3 is 1.61 bits per heavy atom. The van der Waals surface area contributed by atoms with Gasteiger partial charge in [0.05, 0.1) is 63.3 Å². The SMILES string of the molecule is CCOC(=O)c1cn(C2CC2)c2c3c(c(F)cc2c1=O)N1C[C@H](C)C[C@@H]1CCO3.[2H]CF.[C-]#N.[C-]#[N+][C@H]1C[C@@H]2CCOc3c(c(F)cc4c(=O)c(C(=O)OCC)cn(C5CC5)c34)N2C1.[K+]. The smallest absolute Gasteiger partial charge is 0.512 e. The van der Waals surface area contributed by atoms with E-state index in [4.69, 9.17) is 38.7 Å². The molecule has 4 aromatic rings. The Hall–Kier alpha value is -4.59. The van der Waals surface area contributed by atoms with Crippen LogP contribution >= 0.6 is 0 Å². The van der Waals surface area contributed by atoms with Gasteiger partial charge in [0, 0.05) is 62.4 Å². The number of esters is 2. The first kappa shape index (κ1) is 47.4. The van der Waals surface area contributed by atoms with Gasteiger partial charge in [-0.25, -0.2) is 24.9 Å². The number of carbonyl (C=O) groups excluding carboxylic acids is 2. The second-order valence-electron chi connectivity index (χ2n) is 16.6. The number of aromatic nitrogens is 2. The minimum Gasteiger partial charge on any atom is -0.512 e. The summed E-state index contributed by atoms with van der Waals surface area (Å²) in [6.07, 6.45) is 10.1. The number of fused-ring (bicyclic) bond motifs is 10. The minimum atomic E-state index is -1.00. The molecule has 2 saturated carbocycles. The topological polar surface area (TPSA) is 150 Å². The van der Waals surface area contributed by atoms with Gasteiger partial charge in [-0.05, 0) is 64.0 Å². The van der Waals surface area contributed by atoms with Crippen LogP contribution in [0.15, 0.2) is 34.1 Å². The molecule has 14 nitrogen and oxygen atoms in total. The number of rotatable bonds is 6. The molecule has 0 radical (unpaired) electrons. The molecule has 0 N–H and O–H groups in total. The van der Waals surface area contributed by atoms with Gasteiger partial charge in [-0.1, -0.05) is 6.92 Å². The summed E-state index contributed by atoms with van der Waals surface area (Å²) in [6, 6.07) is 2.93. The largest absolute Gasteiger partial charge is 1.00 e. The van der Waals surface area contributed by atoms with Crippen molar-refractivity contribution in [2.45, 2.75) is 102 Å². The van der Waals surface area contributed by atoms with Crippen LogP contribution < -0.4 is 81.5 Å². The van der Waals surface area contributed by atoms with Gasteiger partial charge in [0.25, 0.3) is 0 Å². The Kier molecular flexibility index (Phi) is 15.3. The second kappa shape index (κ2) is 20.7. The monoisotopic (exact) mass is 911 g/mol. The number of hydrogen-bond donors (Lipinski definition) is 0. The fourth-order valence-corrected chi connectivity index (χ4v) is 9.51. The number of halogens is 3. The molecule has 0 unspecified atom stereocenters. The first-order valence-corrected chi connectivity index (χ1v) is 21.3. The average Bonchev–Trinajstić information content (AvgIpc) is 4.22. The molecule has 10 rings (SSSR count). The van der Waals surface area contributed by atoms with Crippen LogP contribution in [-0.4, -0.2) is 85.9 Å². The number of carbonyl (C=O) groups is 2. The van der Waals surface area contributed by atoms with Crippen molar-refractivity contribution in [2.24, 2.45) is 5.92 Å². The van der Waals surface area contributed by atoms with Crippen molar-refractivity contribution < 1.29 is 94.5 Å². The zero-order valence-electron chi connectivity index (χ0n) is 37.5. The number of hydrogen-bond acceptors (Lipinski definition) is 11. The molecule has 0 bridgehead atoms. The van der Waals surface area contributed by atoms with E-state index in [1.165, 1.54) is 18.3 Å². The Labute approximate surface area is 412 Å². The molecule has 4 aliphatic heterocycles. The molecule has 4 fully saturated rings. The van der Waals surface area contributed by atoms with E-state index in [1.54, 1.807) is 20.0 Å². The van der Waals surface area contributed by atoms with Crippen LogP contribution in [0.1, 0.15) is 106 Å². The third kappa shape index (κ3) is 9.13. The summed E-state index contributed by atoms with van der Waals surface area (Å²) in [5, 5.41) is 6.56. The predicted octanol–water partition coefficient (Wildman–Crippen LogP) is 4.64. The van der Waals surface area contributed by atoms with Crippen molar-refractivity contribution in [1.82, 2.24) is 9.13 Å². The molecule has 6 heterocycles. The quantitative estimate of drug-likeness (QED) is 0.151. The van der Waals surface area contributed by atoms with Gasteiger partial charge in [0.1, 0.15) is 22.5 Å². The minimum absolute atomic E-state index is 0. The van der Waals surface area contributed by atoms with Crippen molar-refractivity contribution >= 4 is 45.1 Å². The molecular weight excluding hydrogens is 861 g/mol. The Morgan fingerprint density at radius 1 is 0.781 bits per heavy atom. The maximum absolute atomic E-state index is 15.4. The zero-order chi connectivity index (χ0) is 46.0. The van der Waals surface area contributed by atoms with Crippen LogP contribution in [0.3, 0.4) is 0 Å². The van der Waals surface area contributed by atoms with Gasteiger partial charge < -0.3 is 54.6 Å². The summed E-state index contributed by atoms with van der Waals surface area (Å²) >= 11 is 0. The van der Waals surface area contributed by atoms with Gasteiger partial charge in [-0.15, -0.1) is 0 Å². The molecule has 2 aromatic heterocycles. The molecule has 0 amide bonds. The van der Waals surface area contributed by atoms with Crippen LogP contribution in [0.25, 0.3) is 26.7 Å². The summed E-state index contributed by atoms with van der Waals surface area (Å²) in [4.78, 5) is 58.6. The van der Waals surface area contributed by atoms with E-state index in [-0.39, 0.29) is 117 Å². The number of nitrogens with zero attached hydrogens (tertiary/aromatic N) is 6. The molecule has 2 aliphatic carbocycles. The van der Waals surface area contributed by atoms with E-state index in [1.807, 2.05) is 14.0 Å². The molecule has 2 saturated heterocycles. The number of ether oxygens (including phenoxy) is 4. The van der Waals surface area contributed by atoms with E-state index in [2.05, 4.69) is 16.7 Å². The Bertz CT molecular complexity index is 2650. The average molecular weight is 912 g/mol. The molecule has 0 spiro atoms. The van der Waals surface area contributed by atoms with Crippen molar-refractivity contribution in [3.8, 4) is 11.5 Å². The summed E-state index contributed by atoms with van der Waals surface area (Å²) in [7, 11) is -1.00. The van der Waals surface area contributed by atoms with Crippen LogP contribution in [0.4, 0.5) is 24.5 Å². The first-order chi connectivity index (χ1) is 30.9. The molecule has 18 heteroatoms. The number of benzene rings is 2. The first-order valence-electron chi connectivity index (χ1n) is 22.0. The van der Waals surface area contributed by atoms with Crippen molar-refractivity contribution in [1.29, 1.82) is 5.26 Å². The Balaban J connectivity index is 0.000000194. The van der Waals surface area contributed by atoms with Crippen molar-refractivity contribution in [2.75, 3.05) is 56.5 Å². The van der Waals surface area contributed by atoms with Crippen molar-refractivity contribution in [3.63, 3.8) is 0 Å². The third-order valence-corrected chi connectivity index (χ3v) is 12.4. The molecule has 4 atom stereocenters. The maximum atomic E-state index is 15.4. The predicted molar refractivity (Wildman–Crippen MR) is 228 cm³/mol. The molecule has 6 aliphatic rings. The molecule has 64 heavy (non-hydrogen) atoms. The van der Waals surface area contributed by atoms with E-state index in [9.17, 15) is 23.6 Å². The third-order valence-electron chi connectivity index (χ3n) is 12.4. The van der Waals surface area contributed by atoms with Gasteiger partial charge in [-0.3, -0.25) is 14.0 Å². The standard InChI is InChI=1S/C22H22FN3O4.C22H25FN2O4.CH3F.CN.K/c1-3-29-22(28)16-11-26(13-4-5-13)18-15(20(16)27)9-17(23)19-21(18)30-7-6-14-8-12(24-2)10-25(14)19;1-3-28-22(27)16-11-25(13-4-5-13)18-15(20(16)26)9-17(23)19-21(18)29-7-6-14-8-12(2)10-24(14)19;2*1-2;/h9,11-14H,3-8,10H2,1H3;9,11-14H,3-8,10H2,1-2H3;1H3;;/q;;;-1;+1/t12-,14-;12-,14+;;;/m01.../s1/i;;1D;;. The van der Waals surface area contributed by atoms with Crippen LogP contribution in [0, 0.1) is 36.0 Å². The molecular formula is C46H50F3KN6O8. The molecule has 334 valence electrons. The number of pyridine rings is 2. The van der Waals surface area contributed by atoms with E-state index < -0.39 is 41.6 Å². The molecule has 2 aromatic carbocycles. The fourth-order valence-electron chi connectivity index (χ4n) is 9.51. The van der Waals surface area contributed by atoms with Crippen LogP contribution in [-0.2, 0) is 9.47 Å². The number of alkyl halides is 1. The van der Waals surface area contributed by atoms with Gasteiger partial charge in [0.2, 0.25) is 16.9 Å². The van der Waals surface area contributed by atoms with E-state index in [0.717, 1.165) is 45.1 Å². The van der Waals surface area contributed by atoms with Crippen LogP contribution in [0.5, 0.6) is 11.5 Å². The number of anilines is 2. The maximum Gasteiger partial charge on any atom is 1.00 e. The van der Waals surface area contributed by atoms with E-state index >= 15 is 8.78 Å². The van der Waals surface area contributed by atoms with Gasteiger partial charge in [-0.2, -0.15) is 0 Å². The Morgan fingerprint density at radius 2 is 1.20 bits per heavy atom. The van der Waals surface area contributed by atoms with E-state index in [0.29, 0.717) is 72.4 Å². The van der Waals surface area contributed by atoms with Gasteiger partial charge in [0.15, 0.2) is 23.1 Å². The second-order valence-corrected chi connectivity index (χ2v) is 16.6. The van der Waals surface area contributed by atoms with Crippen LogP contribution in [0.2, 0.25) is 0 Å². The fraction of sp³-hybridized carbons (Fsp3) is 0.522. The summed E-state index contributed by atoms with van der Waals surface area (Å²) in [5.74, 6) is -1.12. The summed E-state index contributed by atoms with van der Waals surface area (Å²) < 4.78 is 72.3. The van der Waals surface area contributed by atoms with Crippen molar-refractivity contribution in [3.05, 3.63) is 85.7 Å².